The second kappa shape index (κ2) is 5.92. The van der Waals surface area contributed by atoms with Gasteiger partial charge in [-0.25, -0.2) is 9.67 Å². The van der Waals surface area contributed by atoms with Crippen molar-refractivity contribution in [3.8, 4) is 0 Å². The molecule has 1 saturated heterocycles. The average Bonchev–Trinajstić information content (AvgIpc) is 3.18. The van der Waals surface area contributed by atoms with Crippen LogP contribution in [0.25, 0.3) is 0 Å². The SMILES string of the molecule is Cn1ccnc1C(NC1CCN(c2nnnn2C)CC1)C1CC1. The van der Waals surface area contributed by atoms with E-state index in [4.69, 9.17) is 0 Å². The predicted octanol–water partition coefficient (Wildman–Crippen LogP) is 0.653. The number of tetrazole rings is 1. The van der Waals surface area contributed by atoms with Gasteiger partial charge in [-0.05, 0) is 42.0 Å². The molecular formula is C15H24N8. The van der Waals surface area contributed by atoms with E-state index >= 15 is 0 Å². The summed E-state index contributed by atoms with van der Waals surface area (Å²) in [4.78, 5) is 6.84. The first kappa shape index (κ1) is 14.6. The largest absolute Gasteiger partial charge is 0.340 e. The number of anilines is 1. The minimum Gasteiger partial charge on any atom is -0.340 e. The fraction of sp³-hybridized carbons (Fsp3) is 0.733. The molecule has 2 fully saturated rings. The highest BCUT2D eigenvalue weighted by atomic mass is 15.6. The summed E-state index contributed by atoms with van der Waals surface area (Å²) < 4.78 is 3.89. The van der Waals surface area contributed by atoms with Gasteiger partial charge in [0.1, 0.15) is 5.82 Å². The van der Waals surface area contributed by atoms with Gasteiger partial charge in [-0.2, -0.15) is 0 Å². The number of aryl methyl sites for hydroxylation is 2. The van der Waals surface area contributed by atoms with Gasteiger partial charge < -0.3 is 14.8 Å². The van der Waals surface area contributed by atoms with E-state index in [1.165, 1.54) is 18.7 Å². The van der Waals surface area contributed by atoms with Crippen molar-refractivity contribution in [2.75, 3.05) is 18.0 Å². The molecule has 0 spiro atoms. The van der Waals surface area contributed by atoms with Gasteiger partial charge in [0.15, 0.2) is 0 Å². The van der Waals surface area contributed by atoms with Gasteiger partial charge in [0.2, 0.25) is 5.95 Å². The Labute approximate surface area is 135 Å². The molecule has 3 heterocycles. The summed E-state index contributed by atoms with van der Waals surface area (Å²) in [6.07, 6.45) is 8.79. The predicted molar refractivity (Wildman–Crippen MR) is 85.8 cm³/mol. The fourth-order valence-electron chi connectivity index (χ4n) is 3.52. The summed E-state index contributed by atoms with van der Waals surface area (Å²) in [7, 11) is 3.98. The Bertz CT molecular complexity index is 650. The molecule has 8 heteroatoms. The van der Waals surface area contributed by atoms with Crippen molar-refractivity contribution in [3.63, 3.8) is 0 Å². The number of hydrogen-bond acceptors (Lipinski definition) is 6. The Morgan fingerprint density at radius 2 is 1.96 bits per heavy atom. The van der Waals surface area contributed by atoms with E-state index in [1.807, 2.05) is 19.4 Å². The first-order valence-electron chi connectivity index (χ1n) is 8.43. The van der Waals surface area contributed by atoms with E-state index in [0.717, 1.165) is 37.8 Å². The summed E-state index contributed by atoms with van der Waals surface area (Å²) in [5, 5.41) is 15.6. The number of nitrogens with one attached hydrogen (secondary N) is 1. The van der Waals surface area contributed by atoms with Crippen LogP contribution >= 0.6 is 0 Å². The highest BCUT2D eigenvalue weighted by Gasteiger charge is 2.36. The van der Waals surface area contributed by atoms with Crippen LogP contribution in [0.5, 0.6) is 0 Å². The second-order valence-corrected chi connectivity index (χ2v) is 6.74. The van der Waals surface area contributed by atoms with Gasteiger partial charge in [0.25, 0.3) is 0 Å². The number of aromatic nitrogens is 6. The first-order chi connectivity index (χ1) is 11.2. The van der Waals surface area contributed by atoms with Crippen molar-refractivity contribution in [1.82, 2.24) is 35.1 Å². The Morgan fingerprint density at radius 1 is 1.17 bits per heavy atom. The molecule has 0 aromatic carbocycles. The molecular weight excluding hydrogens is 292 g/mol. The van der Waals surface area contributed by atoms with Gasteiger partial charge in [0.05, 0.1) is 6.04 Å². The molecule has 0 amide bonds. The molecule has 1 saturated carbocycles. The third-order valence-electron chi connectivity index (χ3n) is 5.02. The molecule has 0 radical (unpaired) electrons. The van der Waals surface area contributed by atoms with Crippen LogP contribution in [0, 0.1) is 5.92 Å². The fourth-order valence-corrected chi connectivity index (χ4v) is 3.52. The maximum atomic E-state index is 4.57. The maximum absolute atomic E-state index is 4.57. The monoisotopic (exact) mass is 316 g/mol. The van der Waals surface area contributed by atoms with Crippen LogP contribution < -0.4 is 10.2 Å². The smallest absolute Gasteiger partial charge is 0.245 e. The molecule has 1 unspecified atom stereocenters. The van der Waals surface area contributed by atoms with Gasteiger partial charge >= 0.3 is 0 Å². The average molecular weight is 316 g/mol. The zero-order valence-electron chi connectivity index (χ0n) is 13.8. The third kappa shape index (κ3) is 2.95. The Morgan fingerprint density at radius 3 is 2.52 bits per heavy atom. The maximum Gasteiger partial charge on any atom is 0.245 e. The normalized spacial score (nSPS) is 20.9. The van der Waals surface area contributed by atoms with Crippen LogP contribution in [-0.2, 0) is 14.1 Å². The van der Waals surface area contributed by atoms with Gasteiger partial charge in [-0.1, -0.05) is 5.10 Å². The van der Waals surface area contributed by atoms with Crippen molar-refractivity contribution in [3.05, 3.63) is 18.2 Å². The molecule has 2 aromatic heterocycles. The molecule has 0 bridgehead atoms. The third-order valence-corrected chi connectivity index (χ3v) is 5.02. The van der Waals surface area contributed by atoms with Crippen molar-refractivity contribution >= 4 is 5.95 Å². The van der Waals surface area contributed by atoms with E-state index in [-0.39, 0.29) is 0 Å². The lowest BCUT2D eigenvalue weighted by molar-refractivity contribution is 0.335. The van der Waals surface area contributed by atoms with Crippen LogP contribution in [0.15, 0.2) is 12.4 Å². The Kier molecular flexibility index (Phi) is 3.76. The van der Waals surface area contributed by atoms with Crippen molar-refractivity contribution in [1.29, 1.82) is 0 Å². The summed E-state index contributed by atoms with van der Waals surface area (Å²) in [6, 6.07) is 0.929. The van der Waals surface area contributed by atoms with Crippen LogP contribution in [0.1, 0.15) is 37.5 Å². The molecule has 1 atom stereocenters. The standard InChI is InChI=1S/C15H24N8/c1-21-10-7-16-14(21)13(11-3-4-11)17-12-5-8-23(9-6-12)15-18-19-20-22(15)2/h7,10-13,17H,3-6,8-9H2,1-2H3. The quantitative estimate of drug-likeness (QED) is 0.873. The van der Waals surface area contributed by atoms with E-state index in [9.17, 15) is 0 Å². The minimum absolute atomic E-state index is 0.392. The molecule has 23 heavy (non-hydrogen) atoms. The van der Waals surface area contributed by atoms with Crippen molar-refractivity contribution in [2.24, 2.45) is 20.0 Å². The second-order valence-electron chi connectivity index (χ2n) is 6.74. The molecule has 1 aliphatic carbocycles. The lowest BCUT2D eigenvalue weighted by Gasteiger charge is -2.34. The highest BCUT2D eigenvalue weighted by Crippen LogP contribution is 2.41. The van der Waals surface area contributed by atoms with Crippen molar-refractivity contribution < 1.29 is 0 Å². The zero-order valence-corrected chi connectivity index (χ0v) is 13.8. The van der Waals surface area contributed by atoms with Crippen LogP contribution in [0.3, 0.4) is 0 Å². The van der Waals surface area contributed by atoms with Crippen LogP contribution in [-0.4, -0.2) is 48.9 Å². The number of piperidine rings is 1. The summed E-state index contributed by atoms with van der Waals surface area (Å²) in [6.45, 7) is 1.98. The zero-order chi connectivity index (χ0) is 15.8. The van der Waals surface area contributed by atoms with E-state index in [1.54, 1.807) is 4.68 Å². The van der Waals surface area contributed by atoms with Gasteiger partial charge in [0, 0.05) is 45.6 Å². The molecule has 1 aliphatic heterocycles. The molecule has 1 N–H and O–H groups in total. The Hall–Kier alpha value is -1.96. The highest BCUT2D eigenvalue weighted by molar-refractivity contribution is 5.28. The number of hydrogen-bond donors (Lipinski definition) is 1. The lowest BCUT2D eigenvalue weighted by atomic mass is 10.0. The Balaban J connectivity index is 1.38. The van der Waals surface area contributed by atoms with Crippen LogP contribution in [0.4, 0.5) is 5.95 Å². The molecule has 4 rings (SSSR count). The lowest BCUT2D eigenvalue weighted by Crippen LogP contribution is -2.45. The molecule has 2 aliphatic rings. The van der Waals surface area contributed by atoms with Crippen LogP contribution in [0.2, 0.25) is 0 Å². The first-order valence-corrected chi connectivity index (χ1v) is 8.43. The number of nitrogens with zero attached hydrogens (tertiary/aromatic N) is 7. The molecule has 2 aromatic rings. The topological polar surface area (TPSA) is 76.7 Å². The molecule has 8 nitrogen and oxygen atoms in total. The summed E-state index contributed by atoms with van der Waals surface area (Å²) in [5.74, 6) is 2.79. The van der Waals surface area contributed by atoms with E-state index < -0.39 is 0 Å². The number of rotatable bonds is 5. The van der Waals surface area contributed by atoms with Gasteiger partial charge in [-0.15, -0.1) is 0 Å². The molecule has 124 valence electrons. The minimum atomic E-state index is 0.392. The number of imidazole rings is 1. The summed E-state index contributed by atoms with van der Waals surface area (Å²) >= 11 is 0. The summed E-state index contributed by atoms with van der Waals surface area (Å²) in [5.41, 5.74) is 0. The van der Waals surface area contributed by atoms with E-state index in [0.29, 0.717) is 12.1 Å². The van der Waals surface area contributed by atoms with Crippen molar-refractivity contribution in [2.45, 2.75) is 37.8 Å². The van der Waals surface area contributed by atoms with Gasteiger partial charge in [-0.3, -0.25) is 0 Å². The van der Waals surface area contributed by atoms with E-state index in [2.05, 4.69) is 42.3 Å².